The Balaban J connectivity index is 2.55. The summed E-state index contributed by atoms with van der Waals surface area (Å²) in [6.45, 7) is 3.30. The average Bonchev–Trinajstić information content (AvgIpc) is 2.41. The smallest absolute Gasteiger partial charge is 0.323 e. The van der Waals surface area contributed by atoms with Crippen LogP contribution in [0.2, 0.25) is 0 Å². The molecule has 6 heteroatoms. The number of carbonyl (C=O) groups is 2. The van der Waals surface area contributed by atoms with Crippen LogP contribution in [0.5, 0.6) is 5.75 Å². The maximum atomic E-state index is 12.6. The van der Waals surface area contributed by atoms with Gasteiger partial charge in [0.1, 0.15) is 12.3 Å². The van der Waals surface area contributed by atoms with E-state index < -0.39 is 11.6 Å². The highest BCUT2D eigenvalue weighted by molar-refractivity contribution is 6.05. The van der Waals surface area contributed by atoms with E-state index in [1.165, 1.54) is 4.90 Å². The number of carboxylic acid groups (broad SMARTS) is 1. The van der Waals surface area contributed by atoms with Gasteiger partial charge >= 0.3 is 5.97 Å². The van der Waals surface area contributed by atoms with Gasteiger partial charge in [-0.05, 0) is 25.0 Å². The number of hydrogen-bond donors (Lipinski definition) is 2. The number of ether oxygens (including phenoxy) is 1. The Morgan fingerprint density at radius 1 is 1.40 bits per heavy atom. The van der Waals surface area contributed by atoms with Gasteiger partial charge < -0.3 is 15.6 Å². The first-order valence-corrected chi connectivity index (χ1v) is 6.56. The molecule has 6 nitrogen and oxygen atoms in total. The third-order valence-electron chi connectivity index (χ3n) is 3.65. The minimum absolute atomic E-state index is 0.317. The number of benzene rings is 1. The van der Waals surface area contributed by atoms with Gasteiger partial charge in [0.05, 0.1) is 5.69 Å². The molecular formula is C14H18N2O4. The van der Waals surface area contributed by atoms with Gasteiger partial charge in [-0.25, -0.2) is 0 Å². The topological polar surface area (TPSA) is 92.9 Å². The van der Waals surface area contributed by atoms with E-state index in [0.29, 0.717) is 30.0 Å². The van der Waals surface area contributed by atoms with Crippen LogP contribution in [0.15, 0.2) is 18.2 Å². The lowest BCUT2D eigenvalue weighted by Crippen LogP contribution is -2.56. The molecule has 20 heavy (non-hydrogen) atoms. The molecule has 0 atom stereocenters. The van der Waals surface area contributed by atoms with Crippen LogP contribution in [0.3, 0.4) is 0 Å². The predicted octanol–water partition coefficient (Wildman–Crippen LogP) is 1.64. The van der Waals surface area contributed by atoms with E-state index in [1.807, 2.05) is 13.8 Å². The predicted molar refractivity (Wildman–Crippen MR) is 74.8 cm³/mol. The Morgan fingerprint density at radius 2 is 2.05 bits per heavy atom. The number of nitrogen functional groups attached to an aromatic ring is 1. The molecule has 0 bridgehead atoms. The van der Waals surface area contributed by atoms with E-state index in [0.717, 1.165) is 0 Å². The number of carboxylic acids is 1. The molecule has 1 aromatic rings. The lowest BCUT2D eigenvalue weighted by Gasteiger charge is -2.41. The van der Waals surface area contributed by atoms with Gasteiger partial charge in [0.15, 0.2) is 5.60 Å². The SMILES string of the molecule is CCC1(CC)Oc2cc(N)ccc2N(CC(=O)O)C1=O. The standard InChI is InChI=1S/C14H18N2O4/c1-3-14(4-2)13(19)16(8-12(17)18)10-6-5-9(15)7-11(10)20-14/h5-7H,3-4,8,15H2,1-2H3,(H,17,18). The first kappa shape index (κ1) is 14.2. The number of hydrogen-bond acceptors (Lipinski definition) is 4. The van der Waals surface area contributed by atoms with Crippen molar-refractivity contribution in [2.24, 2.45) is 0 Å². The van der Waals surface area contributed by atoms with E-state index in [2.05, 4.69) is 0 Å². The number of carbonyl (C=O) groups excluding carboxylic acids is 1. The molecule has 1 aromatic carbocycles. The molecule has 3 N–H and O–H groups in total. The van der Waals surface area contributed by atoms with E-state index in [4.69, 9.17) is 15.6 Å². The quantitative estimate of drug-likeness (QED) is 0.817. The van der Waals surface area contributed by atoms with Crippen molar-refractivity contribution >= 4 is 23.3 Å². The molecule has 0 fully saturated rings. The Bertz CT molecular complexity index is 552. The Morgan fingerprint density at radius 3 is 2.60 bits per heavy atom. The van der Waals surface area contributed by atoms with Gasteiger partial charge in [-0.3, -0.25) is 14.5 Å². The highest BCUT2D eigenvalue weighted by atomic mass is 16.5. The lowest BCUT2D eigenvalue weighted by molar-refractivity contribution is -0.141. The zero-order valence-corrected chi connectivity index (χ0v) is 11.5. The zero-order valence-electron chi connectivity index (χ0n) is 11.5. The molecule has 0 saturated carbocycles. The average molecular weight is 278 g/mol. The van der Waals surface area contributed by atoms with Crippen molar-refractivity contribution in [1.82, 2.24) is 0 Å². The van der Waals surface area contributed by atoms with Crippen LogP contribution in [0.25, 0.3) is 0 Å². The van der Waals surface area contributed by atoms with Crippen molar-refractivity contribution < 1.29 is 19.4 Å². The summed E-state index contributed by atoms with van der Waals surface area (Å²) in [6, 6.07) is 4.85. The van der Waals surface area contributed by atoms with Gasteiger partial charge in [-0.1, -0.05) is 13.8 Å². The molecule has 0 aliphatic carbocycles. The fourth-order valence-electron chi connectivity index (χ4n) is 2.43. The second kappa shape index (κ2) is 5.03. The zero-order chi connectivity index (χ0) is 14.9. The van der Waals surface area contributed by atoms with Crippen molar-refractivity contribution in [1.29, 1.82) is 0 Å². The first-order chi connectivity index (χ1) is 9.43. The minimum atomic E-state index is -1.07. The van der Waals surface area contributed by atoms with Crippen LogP contribution in [0.4, 0.5) is 11.4 Å². The van der Waals surface area contributed by atoms with E-state index in [1.54, 1.807) is 18.2 Å². The number of fused-ring (bicyclic) bond motifs is 1. The summed E-state index contributed by atoms with van der Waals surface area (Å²) in [6.07, 6.45) is 0.930. The summed E-state index contributed by atoms with van der Waals surface area (Å²) in [5, 5.41) is 9.02. The highest BCUT2D eigenvalue weighted by Crippen LogP contribution is 2.41. The number of nitrogens with zero attached hydrogens (tertiary/aromatic N) is 1. The number of nitrogens with two attached hydrogens (primary N) is 1. The molecule has 1 amide bonds. The summed E-state index contributed by atoms with van der Waals surface area (Å²) in [5.41, 5.74) is 5.67. The van der Waals surface area contributed by atoms with Gasteiger partial charge in [-0.2, -0.15) is 0 Å². The summed E-state index contributed by atoms with van der Waals surface area (Å²) in [4.78, 5) is 24.9. The second-order valence-electron chi connectivity index (χ2n) is 4.82. The molecule has 0 radical (unpaired) electrons. The Labute approximate surface area is 117 Å². The fourth-order valence-corrected chi connectivity index (χ4v) is 2.43. The number of rotatable bonds is 4. The molecule has 2 rings (SSSR count). The maximum Gasteiger partial charge on any atom is 0.323 e. The van der Waals surface area contributed by atoms with Crippen LogP contribution in [0.1, 0.15) is 26.7 Å². The van der Waals surface area contributed by atoms with Gasteiger partial charge in [0.25, 0.3) is 5.91 Å². The summed E-state index contributed by atoms with van der Waals surface area (Å²) in [5.74, 6) is -0.930. The van der Waals surface area contributed by atoms with Crippen molar-refractivity contribution in [3.8, 4) is 5.75 Å². The molecule has 1 aliphatic rings. The Hall–Kier alpha value is -2.24. The molecule has 0 spiro atoms. The lowest BCUT2D eigenvalue weighted by atomic mass is 9.92. The fraction of sp³-hybridized carbons (Fsp3) is 0.429. The second-order valence-corrected chi connectivity index (χ2v) is 4.82. The van der Waals surface area contributed by atoms with Crippen molar-refractivity contribution in [2.75, 3.05) is 17.2 Å². The molecule has 0 aromatic heterocycles. The van der Waals surface area contributed by atoms with Crippen molar-refractivity contribution in [3.05, 3.63) is 18.2 Å². The van der Waals surface area contributed by atoms with E-state index >= 15 is 0 Å². The normalized spacial score (nSPS) is 16.5. The summed E-state index contributed by atoms with van der Waals surface area (Å²) in [7, 11) is 0. The number of amides is 1. The van der Waals surface area contributed by atoms with Crippen molar-refractivity contribution in [2.45, 2.75) is 32.3 Å². The third-order valence-corrected chi connectivity index (χ3v) is 3.65. The third kappa shape index (κ3) is 2.17. The van der Waals surface area contributed by atoms with E-state index in [-0.39, 0.29) is 12.5 Å². The monoisotopic (exact) mass is 278 g/mol. The van der Waals surface area contributed by atoms with E-state index in [9.17, 15) is 9.59 Å². The summed E-state index contributed by atoms with van der Waals surface area (Å²) < 4.78 is 5.86. The number of aliphatic carboxylic acids is 1. The van der Waals surface area contributed by atoms with Gasteiger partial charge in [0, 0.05) is 11.8 Å². The molecule has 0 saturated heterocycles. The Kier molecular flexibility index (Phi) is 3.57. The summed E-state index contributed by atoms with van der Waals surface area (Å²) >= 11 is 0. The molecule has 108 valence electrons. The first-order valence-electron chi connectivity index (χ1n) is 6.56. The molecule has 1 aliphatic heterocycles. The molecule has 1 heterocycles. The number of anilines is 2. The van der Waals surface area contributed by atoms with Gasteiger partial charge in [0.2, 0.25) is 0 Å². The highest BCUT2D eigenvalue weighted by Gasteiger charge is 2.46. The maximum absolute atomic E-state index is 12.6. The van der Waals surface area contributed by atoms with Crippen LogP contribution in [-0.2, 0) is 9.59 Å². The van der Waals surface area contributed by atoms with Crippen LogP contribution in [-0.4, -0.2) is 29.1 Å². The molecule has 0 unspecified atom stereocenters. The van der Waals surface area contributed by atoms with Crippen LogP contribution < -0.4 is 15.4 Å². The minimum Gasteiger partial charge on any atom is -0.480 e. The van der Waals surface area contributed by atoms with Crippen LogP contribution >= 0.6 is 0 Å². The van der Waals surface area contributed by atoms with Crippen LogP contribution in [0, 0.1) is 0 Å². The van der Waals surface area contributed by atoms with Gasteiger partial charge in [-0.15, -0.1) is 0 Å². The largest absolute Gasteiger partial charge is 0.480 e. The molecular weight excluding hydrogens is 260 g/mol. The van der Waals surface area contributed by atoms with Crippen molar-refractivity contribution in [3.63, 3.8) is 0 Å².